The lowest BCUT2D eigenvalue weighted by molar-refractivity contribution is 0.0125. The predicted octanol–water partition coefficient (Wildman–Crippen LogP) is 2.00. The van der Waals surface area contributed by atoms with Gasteiger partial charge in [-0.2, -0.15) is 8.42 Å². The molecule has 1 fully saturated rings. The number of amides is 1. The van der Waals surface area contributed by atoms with Crippen LogP contribution in [0.4, 0.5) is 4.79 Å². The zero-order chi connectivity index (χ0) is 15.6. The molecule has 1 atom stereocenters. The molecule has 0 saturated carbocycles. The minimum atomic E-state index is -3.43. The average molecular weight is 307 g/mol. The quantitative estimate of drug-likeness (QED) is 0.746. The number of carbonyl (C=O) groups is 1. The van der Waals surface area contributed by atoms with E-state index in [-0.39, 0.29) is 18.1 Å². The number of hydrogen-bond donors (Lipinski definition) is 0. The minimum absolute atomic E-state index is 0.142. The Hall–Kier alpha value is -0.820. The largest absolute Gasteiger partial charge is 0.444 e. The Kier molecular flexibility index (Phi) is 5.43. The molecule has 1 rings (SSSR count). The monoisotopic (exact) mass is 307 g/mol. The van der Waals surface area contributed by atoms with Crippen molar-refractivity contribution >= 4 is 16.2 Å². The van der Waals surface area contributed by atoms with Crippen LogP contribution in [0, 0.1) is 5.92 Å². The molecule has 20 heavy (non-hydrogen) atoms. The van der Waals surface area contributed by atoms with E-state index in [4.69, 9.17) is 8.92 Å². The van der Waals surface area contributed by atoms with E-state index in [1.54, 1.807) is 11.8 Å². The molecular weight excluding hydrogens is 282 g/mol. The molecule has 0 aromatic carbocycles. The summed E-state index contributed by atoms with van der Waals surface area (Å²) in [5, 5.41) is 0. The van der Waals surface area contributed by atoms with Gasteiger partial charge in [-0.05, 0) is 46.5 Å². The van der Waals surface area contributed by atoms with Crippen LogP contribution >= 0.6 is 0 Å². The van der Waals surface area contributed by atoms with E-state index in [0.29, 0.717) is 13.1 Å². The summed E-state index contributed by atoms with van der Waals surface area (Å²) in [5.74, 6) is 0.142. The molecule has 0 bridgehead atoms. The minimum Gasteiger partial charge on any atom is -0.444 e. The van der Waals surface area contributed by atoms with Crippen molar-refractivity contribution in [3.63, 3.8) is 0 Å². The number of ether oxygens (including phenoxy) is 1. The van der Waals surface area contributed by atoms with Crippen LogP contribution in [0.1, 0.15) is 40.5 Å². The van der Waals surface area contributed by atoms with Crippen LogP contribution in [0.25, 0.3) is 0 Å². The second kappa shape index (κ2) is 6.30. The molecule has 1 aliphatic heterocycles. The fourth-order valence-corrected chi connectivity index (χ4v) is 2.94. The van der Waals surface area contributed by atoms with E-state index in [2.05, 4.69) is 0 Å². The normalized spacial score (nSPS) is 19.8. The number of nitrogens with zero attached hydrogens (tertiary/aromatic N) is 1. The van der Waals surface area contributed by atoms with Gasteiger partial charge in [0, 0.05) is 13.1 Å². The molecule has 1 aliphatic rings. The van der Waals surface area contributed by atoms with E-state index < -0.39 is 15.7 Å². The number of carbonyl (C=O) groups excluding carboxylic acids is 1. The summed E-state index contributed by atoms with van der Waals surface area (Å²) in [6.45, 7) is 8.39. The van der Waals surface area contributed by atoms with Gasteiger partial charge in [0.2, 0.25) is 0 Å². The highest BCUT2D eigenvalue weighted by Crippen LogP contribution is 2.24. The van der Waals surface area contributed by atoms with Crippen molar-refractivity contribution in [3.8, 4) is 0 Å². The molecule has 0 radical (unpaired) electrons. The van der Waals surface area contributed by atoms with Crippen LogP contribution < -0.4 is 0 Å². The molecule has 0 aromatic heterocycles. The van der Waals surface area contributed by atoms with Crippen molar-refractivity contribution in [2.75, 3.05) is 19.3 Å². The molecule has 6 nitrogen and oxygen atoms in total. The highest BCUT2D eigenvalue weighted by molar-refractivity contribution is 7.86. The maximum Gasteiger partial charge on any atom is 0.410 e. The summed E-state index contributed by atoms with van der Waals surface area (Å²) >= 11 is 0. The summed E-state index contributed by atoms with van der Waals surface area (Å²) in [4.78, 5) is 13.6. The van der Waals surface area contributed by atoms with Crippen LogP contribution in [0.5, 0.6) is 0 Å². The number of hydrogen-bond acceptors (Lipinski definition) is 5. The second-order valence-electron chi connectivity index (χ2n) is 6.31. The third-order valence-electron chi connectivity index (χ3n) is 3.18. The summed E-state index contributed by atoms with van der Waals surface area (Å²) < 4.78 is 32.5. The van der Waals surface area contributed by atoms with Crippen LogP contribution in [-0.4, -0.2) is 50.5 Å². The van der Waals surface area contributed by atoms with Crippen molar-refractivity contribution < 1.29 is 22.1 Å². The van der Waals surface area contributed by atoms with Crippen molar-refractivity contribution in [2.24, 2.45) is 5.92 Å². The van der Waals surface area contributed by atoms with Crippen LogP contribution in [0.15, 0.2) is 0 Å². The molecule has 1 amide bonds. The number of piperidine rings is 1. The lowest BCUT2D eigenvalue weighted by Crippen LogP contribution is -2.43. The van der Waals surface area contributed by atoms with Crippen molar-refractivity contribution in [1.29, 1.82) is 0 Å². The Morgan fingerprint density at radius 2 is 1.75 bits per heavy atom. The third-order valence-corrected chi connectivity index (χ3v) is 3.83. The van der Waals surface area contributed by atoms with E-state index in [0.717, 1.165) is 19.1 Å². The zero-order valence-electron chi connectivity index (χ0n) is 12.9. The third kappa shape index (κ3) is 6.09. The Bertz CT molecular complexity index is 432. The summed E-state index contributed by atoms with van der Waals surface area (Å²) in [7, 11) is -3.43. The Morgan fingerprint density at radius 1 is 1.25 bits per heavy atom. The first kappa shape index (κ1) is 17.2. The molecule has 0 N–H and O–H groups in total. The molecule has 0 aromatic rings. The summed E-state index contributed by atoms with van der Waals surface area (Å²) in [6.07, 6.45) is 1.82. The first-order chi connectivity index (χ1) is 8.98. The number of rotatable bonds is 3. The SMILES string of the molecule is C[C@@H](OS(C)(=O)=O)C1CCN(C(=O)OC(C)(C)C)CC1. The van der Waals surface area contributed by atoms with Gasteiger partial charge in [-0.1, -0.05) is 0 Å². The first-order valence-electron chi connectivity index (χ1n) is 6.84. The molecule has 0 aliphatic carbocycles. The molecule has 118 valence electrons. The lowest BCUT2D eigenvalue weighted by atomic mass is 9.92. The Balaban J connectivity index is 2.46. The van der Waals surface area contributed by atoms with Gasteiger partial charge in [-0.15, -0.1) is 0 Å². The standard InChI is InChI=1S/C13H25NO5S/c1-10(19-20(5,16)17)11-6-8-14(9-7-11)12(15)18-13(2,3)4/h10-11H,6-9H2,1-5H3/t10-/m1/s1. The topological polar surface area (TPSA) is 72.9 Å². The van der Waals surface area contributed by atoms with Crippen molar-refractivity contribution in [2.45, 2.75) is 52.2 Å². The smallest absolute Gasteiger partial charge is 0.410 e. The van der Waals surface area contributed by atoms with Gasteiger partial charge in [0.05, 0.1) is 12.4 Å². The summed E-state index contributed by atoms with van der Waals surface area (Å²) in [6, 6.07) is 0. The summed E-state index contributed by atoms with van der Waals surface area (Å²) in [5.41, 5.74) is -0.499. The average Bonchev–Trinajstić information content (AvgIpc) is 2.24. The lowest BCUT2D eigenvalue weighted by Gasteiger charge is -2.35. The van der Waals surface area contributed by atoms with Gasteiger partial charge < -0.3 is 9.64 Å². The van der Waals surface area contributed by atoms with Gasteiger partial charge in [-0.3, -0.25) is 4.18 Å². The zero-order valence-corrected chi connectivity index (χ0v) is 13.7. The van der Waals surface area contributed by atoms with E-state index >= 15 is 0 Å². The fraction of sp³-hybridized carbons (Fsp3) is 0.923. The fourth-order valence-electron chi connectivity index (χ4n) is 2.23. The molecular formula is C13H25NO5S. The second-order valence-corrected chi connectivity index (χ2v) is 7.91. The van der Waals surface area contributed by atoms with Crippen LogP contribution in [0.2, 0.25) is 0 Å². The van der Waals surface area contributed by atoms with Gasteiger partial charge >= 0.3 is 6.09 Å². The van der Waals surface area contributed by atoms with Gasteiger partial charge in [0.15, 0.2) is 0 Å². The van der Waals surface area contributed by atoms with E-state index in [1.165, 1.54) is 0 Å². The maximum atomic E-state index is 11.9. The predicted molar refractivity (Wildman–Crippen MR) is 75.9 cm³/mol. The first-order valence-corrected chi connectivity index (χ1v) is 8.66. The molecule has 0 spiro atoms. The van der Waals surface area contributed by atoms with Crippen LogP contribution in [-0.2, 0) is 19.0 Å². The molecule has 1 saturated heterocycles. The van der Waals surface area contributed by atoms with Crippen LogP contribution in [0.3, 0.4) is 0 Å². The Labute approximate surface area is 121 Å². The van der Waals surface area contributed by atoms with Crippen molar-refractivity contribution in [3.05, 3.63) is 0 Å². The number of likely N-dealkylation sites (tertiary alicyclic amines) is 1. The van der Waals surface area contributed by atoms with Gasteiger partial charge in [0.1, 0.15) is 5.60 Å². The molecule has 0 unspecified atom stereocenters. The van der Waals surface area contributed by atoms with Gasteiger partial charge in [-0.25, -0.2) is 4.79 Å². The van der Waals surface area contributed by atoms with E-state index in [9.17, 15) is 13.2 Å². The Morgan fingerprint density at radius 3 is 2.15 bits per heavy atom. The highest BCUT2D eigenvalue weighted by atomic mass is 32.2. The maximum absolute atomic E-state index is 11.9. The van der Waals surface area contributed by atoms with E-state index in [1.807, 2.05) is 20.8 Å². The van der Waals surface area contributed by atoms with Gasteiger partial charge in [0.25, 0.3) is 10.1 Å². The van der Waals surface area contributed by atoms with Crippen molar-refractivity contribution in [1.82, 2.24) is 4.90 Å². The highest BCUT2D eigenvalue weighted by Gasteiger charge is 2.30. The molecule has 1 heterocycles. The molecule has 7 heteroatoms.